The van der Waals surface area contributed by atoms with Gasteiger partial charge < -0.3 is 5.32 Å². The summed E-state index contributed by atoms with van der Waals surface area (Å²) in [6, 6.07) is 7.10. The van der Waals surface area contributed by atoms with Gasteiger partial charge in [-0.3, -0.25) is 9.00 Å². The first-order valence-corrected chi connectivity index (χ1v) is 7.19. The highest BCUT2D eigenvalue weighted by atomic mass is 35.5. The van der Waals surface area contributed by atoms with Crippen molar-refractivity contribution >= 4 is 28.3 Å². The van der Waals surface area contributed by atoms with E-state index >= 15 is 0 Å². The van der Waals surface area contributed by atoms with Crippen LogP contribution in [0.15, 0.2) is 29.2 Å². The van der Waals surface area contributed by atoms with Gasteiger partial charge in [-0.25, -0.2) is 0 Å². The van der Waals surface area contributed by atoms with Gasteiger partial charge in [0.1, 0.15) is 0 Å². The lowest BCUT2D eigenvalue weighted by Crippen LogP contribution is -2.31. The molecule has 1 amide bonds. The Morgan fingerprint density at radius 1 is 1.41 bits per heavy atom. The summed E-state index contributed by atoms with van der Waals surface area (Å²) >= 11 is 5.88. The van der Waals surface area contributed by atoms with E-state index in [2.05, 4.69) is 5.32 Å². The van der Waals surface area contributed by atoms with E-state index in [4.69, 9.17) is 11.6 Å². The summed E-state index contributed by atoms with van der Waals surface area (Å²) < 4.78 is 12.3. The first-order chi connectivity index (χ1) is 8.16. The van der Waals surface area contributed by atoms with Crippen LogP contribution in [0, 0.1) is 0 Å². The summed E-state index contributed by atoms with van der Waals surface area (Å²) in [5, 5.41) is 3.37. The number of benzene rings is 1. The van der Waals surface area contributed by atoms with Crippen LogP contribution in [0.2, 0.25) is 5.02 Å². The Bertz CT molecular complexity index is 450. The van der Waals surface area contributed by atoms with E-state index in [9.17, 15) is 9.00 Å². The van der Waals surface area contributed by atoms with Crippen molar-refractivity contribution in [3.8, 4) is 0 Å². The molecule has 0 aromatic heterocycles. The smallest absolute Gasteiger partial charge is 0.220 e. The molecular weight excluding hydrogens is 258 g/mol. The molecule has 5 heteroatoms. The summed E-state index contributed by atoms with van der Waals surface area (Å²) in [6.07, 6.45) is 2.13. The summed E-state index contributed by atoms with van der Waals surface area (Å²) in [5.41, 5.74) is 0. The lowest BCUT2D eigenvalue weighted by Gasteiger charge is -2.13. The number of nitrogens with one attached hydrogen (secondary N) is 1. The van der Waals surface area contributed by atoms with E-state index in [1.165, 1.54) is 0 Å². The van der Waals surface area contributed by atoms with Gasteiger partial charge >= 0.3 is 0 Å². The van der Waals surface area contributed by atoms with Crippen LogP contribution >= 0.6 is 11.6 Å². The number of rotatable bonds is 2. The Kier molecular flexibility index (Phi) is 4.18. The standard InChI is InChI=1S/C12H14ClNO2S/c13-9-3-1-4-10(7-9)17(16)11-5-2-6-12(15)14-8-11/h1,3-4,7,11H,2,5-6,8H2,(H,14,15). The van der Waals surface area contributed by atoms with Gasteiger partial charge in [-0.1, -0.05) is 17.7 Å². The van der Waals surface area contributed by atoms with Crippen molar-refractivity contribution in [1.82, 2.24) is 5.32 Å². The van der Waals surface area contributed by atoms with Crippen LogP contribution < -0.4 is 5.32 Å². The summed E-state index contributed by atoms with van der Waals surface area (Å²) in [4.78, 5) is 11.9. The molecule has 0 bridgehead atoms. The lowest BCUT2D eigenvalue weighted by molar-refractivity contribution is -0.120. The van der Waals surface area contributed by atoms with Crippen molar-refractivity contribution in [2.45, 2.75) is 29.4 Å². The van der Waals surface area contributed by atoms with Crippen molar-refractivity contribution in [3.63, 3.8) is 0 Å². The van der Waals surface area contributed by atoms with Gasteiger partial charge in [0.05, 0.1) is 16.0 Å². The minimum atomic E-state index is -1.11. The zero-order chi connectivity index (χ0) is 12.3. The second kappa shape index (κ2) is 5.65. The van der Waals surface area contributed by atoms with Crippen LogP contribution in [0.5, 0.6) is 0 Å². The molecule has 0 spiro atoms. The Morgan fingerprint density at radius 3 is 3.00 bits per heavy atom. The molecule has 0 radical (unpaired) electrons. The summed E-state index contributed by atoms with van der Waals surface area (Å²) in [5.74, 6) is 0.0515. The molecule has 0 aliphatic carbocycles. The average molecular weight is 272 g/mol. The molecule has 1 saturated heterocycles. The summed E-state index contributed by atoms with van der Waals surface area (Å²) in [7, 11) is -1.11. The van der Waals surface area contributed by atoms with Crippen LogP contribution in [0.1, 0.15) is 19.3 Å². The predicted molar refractivity (Wildman–Crippen MR) is 68.5 cm³/mol. The molecule has 2 unspecified atom stereocenters. The van der Waals surface area contributed by atoms with Gasteiger partial charge in [0, 0.05) is 22.9 Å². The van der Waals surface area contributed by atoms with Crippen LogP contribution in [-0.4, -0.2) is 21.9 Å². The van der Waals surface area contributed by atoms with Crippen LogP contribution in [-0.2, 0) is 15.6 Å². The zero-order valence-electron chi connectivity index (χ0n) is 9.32. The van der Waals surface area contributed by atoms with Gasteiger partial charge in [0.2, 0.25) is 5.91 Å². The van der Waals surface area contributed by atoms with Crippen LogP contribution in [0.4, 0.5) is 0 Å². The zero-order valence-corrected chi connectivity index (χ0v) is 10.9. The maximum absolute atomic E-state index is 12.3. The van der Waals surface area contributed by atoms with Crippen molar-refractivity contribution in [3.05, 3.63) is 29.3 Å². The third kappa shape index (κ3) is 3.30. The van der Waals surface area contributed by atoms with Gasteiger partial charge in [-0.15, -0.1) is 0 Å². The molecular formula is C12H14ClNO2S. The van der Waals surface area contributed by atoms with Gasteiger partial charge in [-0.05, 0) is 31.0 Å². The van der Waals surface area contributed by atoms with E-state index in [1.807, 2.05) is 6.07 Å². The second-order valence-corrected chi connectivity index (χ2v) is 6.24. The highest BCUT2D eigenvalue weighted by Gasteiger charge is 2.22. The molecule has 2 rings (SSSR count). The monoisotopic (exact) mass is 271 g/mol. The van der Waals surface area contributed by atoms with E-state index in [-0.39, 0.29) is 11.2 Å². The predicted octanol–water partition coefficient (Wildman–Crippen LogP) is 2.12. The fourth-order valence-electron chi connectivity index (χ4n) is 1.88. The molecule has 17 heavy (non-hydrogen) atoms. The second-order valence-electron chi connectivity index (χ2n) is 4.07. The van der Waals surface area contributed by atoms with Gasteiger partial charge in [0.25, 0.3) is 0 Å². The number of halogens is 1. The third-order valence-corrected chi connectivity index (χ3v) is 4.75. The minimum Gasteiger partial charge on any atom is -0.355 e. The molecule has 1 aromatic rings. The quantitative estimate of drug-likeness (QED) is 0.896. The van der Waals surface area contributed by atoms with Crippen LogP contribution in [0.3, 0.4) is 0 Å². The highest BCUT2D eigenvalue weighted by Crippen LogP contribution is 2.20. The Hall–Kier alpha value is -0.870. The fraction of sp³-hybridized carbons (Fsp3) is 0.417. The molecule has 1 heterocycles. The SMILES string of the molecule is O=C1CCCC(S(=O)c2cccc(Cl)c2)CN1. The van der Waals surface area contributed by atoms with E-state index in [0.717, 1.165) is 17.7 Å². The lowest BCUT2D eigenvalue weighted by atomic mass is 10.2. The average Bonchev–Trinajstić information content (AvgIpc) is 2.53. The van der Waals surface area contributed by atoms with Gasteiger partial charge in [-0.2, -0.15) is 0 Å². The molecule has 1 aliphatic rings. The Balaban J connectivity index is 2.11. The molecule has 2 atom stereocenters. The van der Waals surface area contributed by atoms with Crippen molar-refractivity contribution in [2.75, 3.05) is 6.54 Å². The van der Waals surface area contributed by atoms with Crippen molar-refractivity contribution in [1.29, 1.82) is 0 Å². The highest BCUT2D eigenvalue weighted by molar-refractivity contribution is 7.85. The van der Waals surface area contributed by atoms with Crippen molar-refractivity contribution in [2.24, 2.45) is 0 Å². The molecule has 1 fully saturated rings. The summed E-state index contributed by atoms with van der Waals surface area (Å²) in [6.45, 7) is 0.484. The largest absolute Gasteiger partial charge is 0.355 e. The third-order valence-electron chi connectivity index (χ3n) is 2.79. The molecule has 3 nitrogen and oxygen atoms in total. The number of hydrogen-bond donors (Lipinski definition) is 1. The normalized spacial score (nSPS) is 22.6. The molecule has 1 aromatic carbocycles. The molecule has 1 N–H and O–H groups in total. The fourth-order valence-corrected chi connectivity index (χ4v) is 3.59. The van der Waals surface area contributed by atoms with Crippen molar-refractivity contribution < 1.29 is 9.00 Å². The van der Waals surface area contributed by atoms with Gasteiger partial charge in [0.15, 0.2) is 0 Å². The first-order valence-electron chi connectivity index (χ1n) is 5.59. The van der Waals surface area contributed by atoms with Crippen LogP contribution in [0.25, 0.3) is 0 Å². The number of amides is 1. The number of carbonyl (C=O) groups excluding carboxylic acids is 1. The molecule has 0 saturated carbocycles. The maximum Gasteiger partial charge on any atom is 0.220 e. The molecule has 92 valence electrons. The Morgan fingerprint density at radius 2 is 2.24 bits per heavy atom. The first kappa shape index (κ1) is 12.6. The van der Waals surface area contributed by atoms with E-state index in [1.54, 1.807) is 18.2 Å². The molecule has 1 aliphatic heterocycles. The van der Waals surface area contributed by atoms with E-state index < -0.39 is 10.8 Å². The Labute approximate surface area is 108 Å². The minimum absolute atomic E-state index is 0.0140. The number of carbonyl (C=O) groups is 1. The topological polar surface area (TPSA) is 46.2 Å². The van der Waals surface area contributed by atoms with E-state index in [0.29, 0.717) is 18.0 Å². The number of hydrogen-bond acceptors (Lipinski definition) is 2. The maximum atomic E-state index is 12.3.